The lowest BCUT2D eigenvalue weighted by Crippen LogP contribution is -2.15. The van der Waals surface area contributed by atoms with E-state index in [0.717, 1.165) is 5.39 Å². The number of ketones is 1. The van der Waals surface area contributed by atoms with Crippen LogP contribution in [-0.4, -0.2) is 11.8 Å². The van der Waals surface area contributed by atoms with Crippen LogP contribution in [0, 0.1) is 11.8 Å². The summed E-state index contributed by atoms with van der Waals surface area (Å²) in [6.07, 6.45) is 2.03. The second-order valence-electron chi connectivity index (χ2n) is 8.31. The van der Waals surface area contributed by atoms with Gasteiger partial charge in [0.25, 0.3) is 0 Å². The molecular weight excluding hydrogens is 376 g/mol. The van der Waals surface area contributed by atoms with Gasteiger partial charge in [-0.15, -0.1) is 0 Å². The Labute approximate surface area is 168 Å². The molecule has 1 aliphatic rings. The molecule has 0 bridgehead atoms. The molecule has 4 rings (SSSR count). The highest BCUT2D eigenvalue weighted by molar-refractivity contribution is 6.35. The van der Waals surface area contributed by atoms with Gasteiger partial charge in [0.15, 0.2) is 11.4 Å². The van der Waals surface area contributed by atoms with E-state index >= 15 is 0 Å². The summed E-state index contributed by atoms with van der Waals surface area (Å²) in [6.45, 7) is 6.38. The zero-order valence-electron chi connectivity index (χ0n) is 16.0. The first-order valence-electron chi connectivity index (χ1n) is 9.27. The van der Waals surface area contributed by atoms with E-state index in [1.165, 1.54) is 11.8 Å². The summed E-state index contributed by atoms with van der Waals surface area (Å²) in [5.74, 6) is -0.721. The lowest BCUT2D eigenvalue weighted by Gasteiger charge is -2.19. The Morgan fingerprint density at radius 3 is 2.46 bits per heavy atom. The SMILES string of the molecule is CC(C)(C)c1ccc(OC(=O)C2CC2C(=O)c2cc(Cl)c3occc3c2)cc1. The maximum absolute atomic E-state index is 12.8. The van der Waals surface area contributed by atoms with Crippen molar-refractivity contribution in [2.45, 2.75) is 32.6 Å². The molecule has 28 heavy (non-hydrogen) atoms. The van der Waals surface area contributed by atoms with Crippen LogP contribution in [0.5, 0.6) is 5.75 Å². The quantitative estimate of drug-likeness (QED) is 0.317. The number of fused-ring (bicyclic) bond motifs is 1. The predicted molar refractivity (Wildman–Crippen MR) is 108 cm³/mol. The van der Waals surface area contributed by atoms with Crippen molar-refractivity contribution >= 4 is 34.3 Å². The highest BCUT2D eigenvalue weighted by Gasteiger charge is 2.49. The minimum atomic E-state index is -0.409. The standard InChI is InChI=1S/C23H21ClO4/c1-23(2,3)15-4-6-16(7-5-15)28-22(26)18-12-17(18)20(25)14-10-13-8-9-27-21(13)19(24)11-14/h4-11,17-18H,12H2,1-3H3. The van der Waals surface area contributed by atoms with Crippen LogP contribution in [0.3, 0.4) is 0 Å². The van der Waals surface area contributed by atoms with Crippen LogP contribution in [0.4, 0.5) is 0 Å². The van der Waals surface area contributed by atoms with E-state index in [0.29, 0.717) is 28.3 Å². The Morgan fingerprint density at radius 2 is 1.79 bits per heavy atom. The second kappa shape index (κ2) is 6.78. The van der Waals surface area contributed by atoms with Crippen LogP contribution < -0.4 is 4.74 Å². The highest BCUT2D eigenvalue weighted by atomic mass is 35.5. The van der Waals surface area contributed by atoms with E-state index < -0.39 is 5.92 Å². The van der Waals surface area contributed by atoms with Gasteiger partial charge in [0.1, 0.15) is 5.75 Å². The van der Waals surface area contributed by atoms with Gasteiger partial charge in [0.2, 0.25) is 0 Å². The Balaban J connectivity index is 1.43. The number of hydrogen-bond donors (Lipinski definition) is 0. The number of hydrogen-bond acceptors (Lipinski definition) is 4. The number of Topliss-reactive ketones (excluding diaryl/α,β-unsaturated/α-hetero) is 1. The molecule has 2 atom stereocenters. The van der Waals surface area contributed by atoms with Crippen molar-refractivity contribution in [1.29, 1.82) is 0 Å². The van der Waals surface area contributed by atoms with Crippen molar-refractivity contribution < 1.29 is 18.7 Å². The van der Waals surface area contributed by atoms with Gasteiger partial charge < -0.3 is 9.15 Å². The monoisotopic (exact) mass is 396 g/mol. The molecule has 0 N–H and O–H groups in total. The van der Waals surface area contributed by atoms with Crippen LogP contribution >= 0.6 is 11.6 Å². The van der Waals surface area contributed by atoms with E-state index in [4.69, 9.17) is 20.8 Å². The van der Waals surface area contributed by atoms with Crippen molar-refractivity contribution in [2.24, 2.45) is 11.8 Å². The summed E-state index contributed by atoms with van der Waals surface area (Å²) in [7, 11) is 0. The lowest BCUT2D eigenvalue weighted by atomic mass is 9.87. The minimum Gasteiger partial charge on any atom is -0.463 e. The summed E-state index contributed by atoms with van der Waals surface area (Å²) in [5.41, 5.74) is 2.25. The van der Waals surface area contributed by atoms with E-state index in [-0.39, 0.29) is 23.1 Å². The lowest BCUT2D eigenvalue weighted by molar-refractivity contribution is -0.136. The summed E-state index contributed by atoms with van der Waals surface area (Å²) in [6, 6.07) is 12.6. The molecule has 1 fully saturated rings. The number of benzene rings is 2. The maximum atomic E-state index is 12.8. The molecule has 4 nitrogen and oxygen atoms in total. The van der Waals surface area contributed by atoms with Gasteiger partial charge >= 0.3 is 5.97 Å². The van der Waals surface area contributed by atoms with Gasteiger partial charge in [-0.05, 0) is 47.7 Å². The highest BCUT2D eigenvalue weighted by Crippen LogP contribution is 2.43. The molecule has 1 heterocycles. The Bertz CT molecular complexity index is 1060. The third-order valence-electron chi connectivity index (χ3n) is 5.16. The molecule has 0 spiro atoms. The average molecular weight is 397 g/mol. The molecule has 1 aromatic heterocycles. The predicted octanol–water partition coefficient (Wildman–Crippen LogP) is 5.81. The van der Waals surface area contributed by atoms with Crippen molar-refractivity contribution in [3.05, 3.63) is 64.9 Å². The molecule has 2 unspecified atom stereocenters. The zero-order valence-corrected chi connectivity index (χ0v) is 16.7. The Hall–Kier alpha value is -2.59. The third-order valence-corrected chi connectivity index (χ3v) is 5.44. The molecule has 3 aromatic rings. The summed E-state index contributed by atoms with van der Waals surface area (Å²) < 4.78 is 10.8. The van der Waals surface area contributed by atoms with Crippen LogP contribution in [0.15, 0.2) is 53.1 Å². The van der Waals surface area contributed by atoms with Crippen molar-refractivity contribution in [2.75, 3.05) is 0 Å². The molecule has 0 amide bonds. The molecule has 5 heteroatoms. The Kier molecular flexibility index (Phi) is 4.54. The molecule has 1 aliphatic carbocycles. The van der Waals surface area contributed by atoms with E-state index in [9.17, 15) is 9.59 Å². The fourth-order valence-corrected chi connectivity index (χ4v) is 3.63. The molecule has 144 valence electrons. The molecular formula is C23H21ClO4. The molecule has 0 aliphatic heterocycles. The van der Waals surface area contributed by atoms with E-state index in [1.54, 1.807) is 30.3 Å². The summed E-state index contributed by atoms with van der Waals surface area (Å²) in [5, 5.41) is 1.17. The van der Waals surface area contributed by atoms with Gasteiger partial charge in [-0.1, -0.05) is 44.5 Å². The van der Waals surface area contributed by atoms with Gasteiger partial charge in [0, 0.05) is 16.9 Å². The van der Waals surface area contributed by atoms with Crippen molar-refractivity contribution in [3.8, 4) is 5.75 Å². The van der Waals surface area contributed by atoms with Gasteiger partial charge in [-0.3, -0.25) is 9.59 Å². The number of carbonyl (C=O) groups is 2. The molecule has 2 aromatic carbocycles. The topological polar surface area (TPSA) is 56.5 Å². The number of esters is 1. The normalized spacial score (nSPS) is 18.9. The summed E-state index contributed by atoms with van der Waals surface area (Å²) in [4.78, 5) is 25.2. The minimum absolute atomic E-state index is 0.0356. The molecule has 1 saturated carbocycles. The van der Waals surface area contributed by atoms with Crippen molar-refractivity contribution in [1.82, 2.24) is 0 Å². The van der Waals surface area contributed by atoms with Crippen LogP contribution in [-0.2, 0) is 10.2 Å². The smallest absolute Gasteiger partial charge is 0.315 e. The maximum Gasteiger partial charge on any atom is 0.315 e. The first-order valence-corrected chi connectivity index (χ1v) is 9.65. The van der Waals surface area contributed by atoms with E-state index in [2.05, 4.69) is 20.8 Å². The van der Waals surface area contributed by atoms with Gasteiger partial charge in [-0.25, -0.2) is 0 Å². The molecule has 0 saturated heterocycles. The fourth-order valence-electron chi connectivity index (χ4n) is 3.35. The zero-order chi connectivity index (χ0) is 20.1. The number of carbonyl (C=O) groups excluding carboxylic acids is 2. The fraction of sp³-hybridized carbons (Fsp3) is 0.304. The van der Waals surface area contributed by atoms with Crippen molar-refractivity contribution in [3.63, 3.8) is 0 Å². The van der Waals surface area contributed by atoms with Gasteiger partial charge in [-0.2, -0.15) is 0 Å². The number of halogens is 1. The van der Waals surface area contributed by atoms with Crippen LogP contribution in [0.25, 0.3) is 11.0 Å². The average Bonchev–Trinajstić information content (AvgIpc) is 3.30. The second-order valence-corrected chi connectivity index (χ2v) is 8.71. The summed E-state index contributed by atoms with van der Waals surface area (Å²) >= 11 is 6.19. The largest absolute Gasteiger partial charge is 0.463 e. The van der Waals surface area contributed by atoms with Crippen LogP contribution in [0.1, 0.15) is 43.1 Å². The number of ether oxygens (including phenoxy) is 1. The third kappa shape index (κ3) is 3.57. The first-order chi connectivity index (χ1) is 13.2. The molecule has 0 radical (unpaired) electrons. The number of furan rings is 1. The van der Waals surface area contributed by atoms with Crippen LogP contribution in [0.2, 0.25) is 5.02 Å². The van der Waals surface area contributed by atoms with E-state index in [1.807, 2.05) is 12.1 Å². The Morgan fingerprint density at radius 1 is 1.07 bits per heavy atom. The first kappa shape index (κ1) is 18.8. The number of rotatable bonds is 4. The van der Waals surface area contributed by atoms with Gasteiger partial charge in [0.05, 0.1) is 17.2 Å².